The summed E-state index contributed by atoms with van der Waals surface area (Å²) in [6, 6.07) is 2.04. The molecule has 4 nitrogen and oxygen atoms in total. The number of hydrogen-bond acceptors (Lipinski definition) is 4. The molecule has 0 saturated carbocycles. The first kappa shape index (κ1) is 12.9. The maximum absolute atomic E-state index is 5.99. The summed E-state index contributed by atoms with van der Waals surface area (Å²) < 4.78 is 12.0. The van der Waals surface area contributed by atoms with E-state index in [2.05, 4.69) is 15.3 Å². The van der Waals surface area contributed by atoms with E-state index in [0.29, 0.717) is 0 Å². The average molecular weight is 276 g/mol. The molecular formula is C13H17BN2O2S. The van der Waals surface area contributed by atoms with Gasteiger partial charge in [0.1, 0.15) is 5.82 Å². The normalized spacial score (nSPS) is 20.9. The zero-order chi connectivity index (χ0) is 13.7. The topological polar surface area (TPSA) is 47.1 Å². The van der Waals surface area contributed by atoms with E-state index in [1.807, 2.05) is 39.1 Å². The van der Waals surface area contributed by atoms with E-state index in [1.165, 1.54) is 0 Å². The summed E-state index contributed by atoms with van der Waals surface area (Å²) in [7, 11) is -0.384. The number of rotatable bonds is 2. The van der Waals surface area contributed by atoms with Gasteiger partial charge in [-0.1, -0.05) is 0 Å². The van der Waals surface area contributed by atoms with Crippen molar-refractivity contribution in [2.45, 2.75) is 38.9 Å². The van der Waals surface area contributed by atoms with Crippen LogP contribution in [0.15, 0.2) is 23.0 Å². The Bertz CT molecular complexity index is 561. The lowest BCUT2D eigenvalue weighted by molar-refractivity contribution is 0.00578. The maximum Gasteiger partial charge on any atom is 0.513 e. The SMILES string of the molecule is CC1(C)OB(c2cnc(-c3ccsc3)[nH]2)OC1(C)C. The highest BCUT2D eigenvalue weighted by Gasteiger charge is 2.52. The van der Waals surface area contributed by atoms with Crippen LogP contribution in [0.5, 0.6) is 0 Å². The largest absolute Gasteiger partial charge is 0.513 e. The highest BCUT2D eigenvalue weighted by Crippen LogP contribution is 2.36. The second kappa shape index (κ2) is 4.20. The van der Waals surface area contributed by atoms with Gasteiger partial charge in [-0.15, -0.1) is 0 Å². The van der Waals surface area contributed by atoms with Crippen LogP contribution in [0.25, 0.3) is 11.4 Å². The minimum atomic E-state index is -0.384. The number of thiophene rings is 1. The van der Waals surface area contributed by atoms with Gasteiger partial charge in [0, 0.05) is 17.1 Å². The molecule has 6 heteroatoms. The number of hydrogen-bond donors (Lipinski definition) is 1. The molecule has 0 unspecified atom stereocenters. The Morgan fingerprint density at radius 1 is 1.21 bits per heavy atom. The number of nitrogens with zero attached hydrogens (tertiary/aromatic N) is 1. The molecule has 19 heavy (non-hydrogen) atoms. The van der Waals surface area contributed by atoms with Gasteiger partial charge in [0.2, 0.25) is 0 Å². The van der Waals surface area contributed by atoms with Crippen LogP contribution in [-0.4, -0.2) is 28.3 Å². The number of aromatic nitrogens is 2. The molecule has 0 spiro atoms. The van der Waals surface area contributed by atoms with Crippen molar-refractivity contribution in [1.29, 1.82) is 0 Å². The summed E-state index contributed by atoms with van der Waals surface area (Å²) in [4.78, 5) is 7.67. The minimum absolute atomic E-state index is 0.328. The van der Waals surface area contributed by atoms with Crippen molar-refractivity contribution in [2.75, 3.05) is 0 Å². The van der Waals surface area contributed by atoms with E-state index in [-0.39, 0.29) is 18.3 Å². The van der Waals surface area contributed by atoms with Crippen LogP contribution in [0.3, 0.4) is 0 Å². The lowest BCUT2D eigenvalue weighted by Crippen LogP contribution is -2.41. The Hall–Kier alpha value is -1.11. The molecule has 0 amide bonds. The third-order valence-electron chi connectivity index (χ3n) is 3.90. The lowest BCUT2D eigenvalue weighted by Gasteiger charge is -2.32. The van der Waals surface area contributed by atoms with Crippen molar-refractivity contribution in [3.8, 4) is 11.4 Å². The molecule has 0 atom stereocenters. The number of imidazole rings is 1. The van der Waals surface area contributed by atoms with Gasteiger partial charge in [-0.2, -0.15) is 11.3 Å². The molecule has 0 aromatic carbocycles. The number of H-pyrrole nitrogens is 1. The highest BCUT2D eigenvalue weighted by atomic mass is 32.1. The fraction of sp³-hybridized carbons (Fsp3) is 0.462. The van der Waals surface area contributed by atoms with Gasteiger partial charge in [0.05, 0.1) is 16.8 Å². The predicted octanol–water partition coefficient (Wildman–Crippen LogP) is 2.44. The van der Waals surface area contributed by atoms with Crippen LogP contribution in [0, 0.1) is 0 Å². The minimum Gasteiger partial charge on any atom is -0.398 e. The molecule has 2 aromatic rings. The van der Waals surface area contributed by atoms with E-state index in [0.717, 1.165) is 17.0 Å². The van der Waals surface area contributed by atoms with E-state index in [4.69, 9.17) is 9.31 Å². The molecule has 3 heterocycles. The maximum atomic E-state index is 5.99. The van der Waals surface area contributed by atoms with Gasteiger partial charge in [-0.25, -0.2) is 4.98 Å². The Labute approximate surface area is 117 Å². The Balaban J connectivity index is 1.85. The van der Waals surface area contributed by atoms with Crippen molar-refractivity contribution in [2.24, 2.45) is 0 Å². The second-order valence-corrected chi connectivity index (χ2v) is 6.57. The third-order valence-corrected chi connectivity index (χ3v) is 4.58. The van der Waals surface area contributed by atoms with Gasteiger partial charge < -0.3 is 14.3 Å². The summed E-state index contributed by atoms with van der Waals surface area (Å²) in [6.45, 7) is 8.18. The average Bonchev–Trinajstić information content (AvgIpc) is 3.00. The number of nitrogens with one attached hydrogen (secondary N) is 1. The van der Waals surface area contributed by atoms with Gasteiger partial charge in [-0.05, 0) is 39.1 Å². The Kier molecular flexibility index (Phi) is 2.85. The van der Waals surface area contributed by atoms with Gasteiger partial charge in [0.15, 0.2) is 0 Å². The zero-order valence-corrected chi connectivity index (χ0v) is 12.4. The molecule has 1 fully saturated rings. The van der Waals surface area contributed by atoms with Crippen molar-refractivity contribution in [3.05, 3.63) is 23.0 Å². The van der Waals surface area contributed by atoms with Crippen LogP contribution >= 0.6 is 11.3 Å². The zero-order valence-electron chi connectivity index (χ0n) is 11.6. The van der Waals surface area contributed by atoms with Crippen LogP contribution in [0.4, 0.5) is 0 Å². The van der Waals surface area contributed by atoms with Crippen molar-refractivity contribution in [1.82, 2.24) is 9.97 Å². The fourth-order valence-corrected chi connectivity index (χ4v) is 2.61. The van der Waals surface area contributed by atoms with Gasteiger partial charge >= 0.3 is 7.12 Å². The molecule has 1 aliphatic rings. The monoisotopic (exact) mass is 276 g/mol. The van der Waals surface area contributed by atoms with E-state index in [9.17, 15) is 0 Å². The van der Waals surface area contributed by atoms with Crippen LogP contribution in [0.2, 0.25) is 0 Å². The molecule has 1 N–H and O–H groups in total. The third kappa shape index (κ3) is 2.14. The molecule has 100 valence electrons. The molecule has 1 aliphatic heterocycles. The van der Waals surface area contributed by atoms with Crippen LogP contribution in [0.1, 0.15) is 27.7 Å². The first-order valence-corrected chi connectivity index (χ1v) is 7.26. The second-order valence-electron chi connectivity index (χ2n) is 5.79. The number of aromatic amines is 1. The molecule has 1 saturated heterocycles. The molecule has 0 radical (unpaired) electrons. The van der Waals surface area contributed by atoms with Crippen molar-refractivity contribution < 1.29 is 9.31 Å². The summed E-state index contributed by atoms with van der Waals surface area (Å²) in [5.41, 5.74) is 1.30. The smallest absolute Gasteiger partial charge is 0.398 e. The Morgan fingerprint density at radius 3 is 2.47 bits per heavy atom. The summed E-state index contributed by atoms with van der Waals surface area (Å²) >= 11 is 1.65. The molecule has 3 rings (SSSR count). The van der Waals surface area contributed by atoms with Crippen molar-refractivity contribution in [3.63, 3.8) is 0 Å². The lowest BCUT2D eigenvalue weighted by atomic mass is 9.86. The van der Waals surface area contributed by atoms with E-state index < -0.39 is 0 Å². The highest BCUT2D eigenvalue weighted by molar-refractivity contribution is 7.08. The summed E-state index contributed by atoms with van der Waals surface area (Å²) in [5, 5.41) is 4.10. The summed E-state index contributed by atoms with van der Waals surface area (Å²) in [5.74, 6) is 0.853. The van der Waals surface area contributed by atoms with E-state index in [1.54, 1.807) is 17.5 Å². The fourth-order valence-electron chi connectivity index (χ4n) is 1.97. The predicted molar refractivity (Wildman–Crippen MR) is 77.6 cm³/mol. The van der Waals surface area contributed by atoms with Crippen LogP contribution < -0.4 is 5.59 Å². The van der Waals surface area contributed by atoms with Crippen molar-refractivity contribution >= 4 is 24.0 Å². The standard InChI is InChI=1S/C13H17BN2O2S/c1-12(2)13(3,4)18-14(17-12)10-7-15-11(16-10)9-5-6-19-8-9/h5-8H,1-4H3,(H,15,16). The van der Waals surface area contributed by atoms with Gasteiger partial charge in [0.25, 0.3) is 0 Å². The quantitative estimate of drug-likeness (QED) is 0.857. The van der Waals surface area contributed by atoms with Gasteiger partial charge in [-0.3, -0.25) is 0 Å². The molecule has 0 aliphatic carbocycles. The van der Waals surface area contributed by atoms with Crippen LogP contribution in [-0.2, 0) is 9.31 Å². The molecular weight excluding hydrogens is 259 g/mol. The first-order chi connectivity index (χ1) is 8.89. The first-order valence-electron chi connectivity index (χ1n) is 6.32. The molecule has 0 bridgehead atoms. The summed E-state index contributed by atoms with van der Waals surface area (Å²) in [6.07, 6.45) is 1.79. The molecule has 2 aromatic heterocycles. The van der Waals surface area contributed by atoms with E-state index >= 15 is 0 Å². The Morgan fingerprint density at radius 2 is 1.89 bits per heavy atom.